The first-order chi connectivity index (χ1) is 11.6. The highest BCUT2D eigenvalue weighted by Gasteiger charge is 2.52. The highest BCUT2D eigenvalue weighted by Crippen LogP contribution is 2.51. The Balaban J connectivity index is 2.52. The fourth-order valence-corrected chi connectivity index (χ4v) is 4.20. The van der Waals surface area contributed by atoms with Gasteiger partial charge in [-0.15, -0.1) is 0 Å². The summed E-state index contributed by atoms with van der Waals surface area (Å²) in [6.07, 6.45) is 7.96. The fourth-order valence-electron chi connectivity index (χ4n) is 4.20. The van der Waals surface area contributed by atoms with Gasteiger partial charge in [-0.3, -0.25) is 4.79 Å². The second-order valence-corrected chi connectivity index (χ2v) is 8.08. The number of hydrogen-bond acceptors (Lipinski definition) is 4. The second-order valence-electron chi connectivity index (χ2n) is 8.08. The van der Waals surface area contributed by atoms with E-state index in [4.69, 9.17) is 4.74 Å². The molecule has 2 aliphatic carbocycles. The second kappa shape index (κ2) is 7.46. The van der Waals surface area contributed by atoms with Crippen LogP contribution in [0.3, 0.4) is 0 Å². The van der Waals surface area contributed by atoms with Gasteiger partial charge in [0.15, 0.2) is 0 Å². The van der Waals surface area contributed by atoms with Crippen LogP contribution in [0.4, 0.5) is 0 Å². The SMILES string of the molecule is CC(=O)O[C@@H]1/C=C/CC/C(C)=C/[C@H](O)[C@@]2(O)CCC(C)=C(C1)C2(C)C. The van der Waals surface area contributed by atoms with E-state index in [0.717, 1.165) is 30.4 Å². The average molecular weight is 348 g/mol. The van der Waals surface area contributed by atoms with E-state index in [1.54, 1.807) is 6.08 Å². The summed E-state index contributed by atoms with van der Waals surface area (Å²) >= 11 is 0. The number of allylic oxidation sites excluding steroid dienone is 3. The van der Waals surface area contributed by atoms with Crippen LogP contribution in [-0.2, 0) is 9.53 Å². The topological polar surface area (TPSA) is 66.8 Å². The Morgan fingerprint density at radius 1 is 1.28 bits per heavy atom. The van der Waals surface area contributed by atoms with Crippen LogP contribution in [0.1, 0.15) is 66.7 Å². The lowest BCUT2D eigenvalue weighted by Crippen LogP contribution is -2.56. The van der Waals surface area contributed by atoms with E-state index in [0.29, 0.717) is 12.8 Å². The van der Waals surface area contributed by atoms with E-state index in [-0.39, 0.29) is 12.1 Å². The number of ether oxygens (including phenoxy) is 1. The molecule has 0 spiro atoms. The number of aliphatic hydroxyl groups excluding tert-OH is 1. The third kappa shape index (κ3) is 4.06. The van der Waals surface area contributed by atoms with Crippen LogP contribution in [-0.4, -0.2) is 34.0 Å². The van der Waals surface area contributed by atoms with Gasteiger partial charge < -0.3 is 14.9 Å². The van der Waals surface area contributed by atoms with Gasteiger partial charge in [0.25, 0.3) is 0 Å². The number of aliphatic hydroxyl groups is 2. The fraction of sp³-hybridized carbons (Fsp3) is 0.667. The van der Waals surface area contributed by atoms with Crippen molar-refractivity contribution in [3.8, 4) is 0 Å². The molecule has 140 valence electrons. The molecule has 0 fully saturated rings. The van der Waals surface area contributed by atoms with Gasteiger partial charge in [-0.25, -0.2) is 0 Å². The van der Waals surface area contributed by atoms with Crippen LogP contribution >= 0.6 is 0 Å². The Morgan fingerprint density at radius 3 is 2.60 bits per heavy atom. The first kappa shape index (κ1) is 19.9. The summed E-state index contributed by atoms with van der Waals surface area (Å²) in [4.78, 5) is 11.5. The lowest BCUT2D eigenvalue weighted by atomic mass is 9.59. The molecule has 0 heterocycles. The van der Waals surface area contributed by atoms with Crippen molar-refractivity contribution in [3.05, 3.63) is 34.9 Å². The van der Waals surface area contributed by atoms with Gasteiger partial charge >= 0.3 is 5.97 Å². The molecular formula is C21H32O4. The van der Waals surface area contributed by atoms with Gasteiger partial charge in [0.1, 0.15) is 17.8 Å². The van der Waals surface area contributed by atoms with Crippen LogP contribution in [0.25, 0.3) is 0 Å². The standard InChI is InChI=1S/C21H32O4/c1-14-8-6-7-9-17(25-16(3)22)13-18-15(2)10-11-21(24,19(23)12-14)20(18,4)5/h7,9,12,17,19,23-24H,6,8,10-11,13H2,1-5H3/b9-7+,14-12+/t17-,19+,21+/m1/s1. The molecule has 0 amide bonds. The number of carbonyl (C=O) groups is 1. The van der Waals surface area contributed by atoms with Crippen LogP contribution in [0, 0.1) is 5.41 Å². The summed E-state index contributed by atoms with van der Waals surface area (Å²) in [5.41, 5.74) is 1.50. The Labute approximate surface area is 151 Å². The summed E-state index contributed by atoms with van der Waals surface area (Å²) in [5.74, 6) is -0.306. The van der Waals surface area contributed by atoms with Crippen molar-refractivity contribution in [1.82, 2.24) is 0 Å². The van der Waals surface area contributed by atoms with Crippen molar-refractivity contribution in [1.29, 1.82) is 0 Å². The maximum Gasteiger partial charge on any atom is 0.303 e. The third-order valence-corrected chi connectivity index (χ3v) is 5.94. The molecule has 0 aromatic rings. The quantitative estimate of drug-likeness (QED) is 0.558. The molecule has 0 unspecified atom stereocenters. The smallest absolute Gasteiger partial charge is 0.303 e. The summed E-state index contributed by atoms with van der Waals surface area (Å²) in [5, 5.41) is 22.2. The van der Waals surface area contributed by atoms with Crippen LogP contribution < -0.4 is 0 Å². The molecule has 0 radical (unpaired) electrons. The van der Waals surface area contributed by atoms with Gasteiger partial charge in [0, 0.05) is 18.8 Å². The van der Waals surface area contributed by atoms with E-state index in [1.807, 2.05) is 32.9 Å². The van der Waals surface area contributed by atoms with Crippen molar-refractivity contribution < 1.29 is 19.7 Å². The van der Waals surface area contributed by atoms with Gasteiger partial charge in [0.05, 0.1) is 0 Å². The molecule has 0 aliphatic heterocycles. The van der Waals surface area contributed by atoms with E-state index >= 15 is 0 Å². The largest absolute Gasteiger partial charge is 0.458 e. The predicted octanol–water partition coefficient (Wildman–Crippen LogP) is 3.83. The molecule has 4 nitrogen and oxygen atoms in total. The number of carbonyl (C=O) groups excluding carboxylic acids is 1. The average Bonchev–Trinajstić information content (AvgIpc) is 2.50. The summed E-state index contributed by atoms with van der Waals surface area (Å²) in [6.45, 7) is 9.44. The van der Waals surface area contributed by atoms with E-state index in [9.17, 15) is 15.0 Å². The lowest BCUT2D eigenvalue weighted by Gasteiger charge is -2.51. The maximum atomic E-state index is 11.5. The van der Waals surface area contributed by atoms with Crippen molar-refractivity contribution in [2.75, 3.05) is 0 Å². The molecule has 0 saturated carbocycles. The minimum Gasteiger partial charge on any atom is -0.458 e. The zero-order valence-electron chi connectivity index (χ0n) is 16.1. The number of rotatable bonds is 1. The predicted molar refractivity (Wildman–Crippen MR) is 99.0 cm³/mol. The first-order valence-electron chi connectivity index (χ1n) is 9.18. The van der Waals surface area contributed by atoms with Crippen molar-refractivity contribution in [3.63, 3.8) is 0 Å². The minimum absolute atomic E-state index is 0.306. The summed E-state index contributed by atoms with van der Waals surface area (Å²) in [7, 11) is 0. The summed E-state index contributed by atoms with van der Waals surface area (Å²) in [6, 6.07) is 0. The van der Waals surface area contributed by atoms with Crippen LogP contribution in [0.15, 0.2) is 34.9 Å². The Hall–Kier alpha value is -1.39. The zero-order valence-corrected chi connectivity index (χ0v) is 16.1. The monoisotopic (exact) mass is 348 g/mol. The molecule has 0 aromatic carbocycles. The van der Waals surface area contributed by atoms with Gasteiger partial charge in [0.2, 0.25) is 0 Å². The van der Waals surface area contributed by atoms with Crippen molar-refractivity contribution in [2.24, 2.45) is 5.41 Å². The highest BCUT2D eigenvalue weighted by atomic mass is 16.5. The van der Waals surface area contributed by atoms with Crippen LogP contribution in [0.5, 0.6) is 0 Å². The third-order valence-electron chi connectivity index (χ3n) is 5.94. The zero-order chi connectivity index (χ0) is 18.8. The molecule has 2 rings (SSSR count). The molecule has 2 aliphatic rings. The Bertz CT molecular complexity index is 611. The van der Waals surface area contributed by atoms with E-state index in [2.05, 4.69) is 6.92 Å². The van der Waals surface area contributed by atoms with E-state index < -0.39 is 17.1 Å². The number of hydrogen-bond donors (Lipinski definition) is 2. The molecule has 25 heavy (non-hydrogen) atoms. The molecule has 0 saturated heterocycles. The van der Waals surface area contributed by atoms with Gasteiger partial charge in [-0.2, -0.15) is 0 Å². The number of fused-ring (bicyclic) bond motifs is 2. The minimum atomic E-state index is -1.23. The number of esters is 1. The van der Waals surface area contributed by atoms with Crippen LogP contribution in [0.2, 0.25) is 0 Å². The molecule has 0 aromatic heterocycles. The molecule has 3 atom stereocenters. The summed E-state index contributed by atoms with van der Waals surface area (Å²) < 4.78 is 5.50. The Morgan fingerprint density at radius 2 is 1.96 bits per heavy atom. The Kier molecular flexibility index (Phi) is 5.95. The molecule has 2 bridgehead atoms. The molecule has 4 heteroatoms. The van der Waals surface area contributed by atoms with Crippen molar-refractivity contribution in [2.45, 2.75) is 84.5 Å². The normalized spacial score (nSPS) is 36.5. The van der Waals surface area contributed by atoms with E-state index in [1.165, 1.54) is 12.5 Å². The van der Waals surface area contributed by atoms with Crippen molar-refractivity contribution >= 4 is 5.97 Å². The molecule has 2 N–H and O–H groups in total. The highest BCUT2D eigenvalue weighted by molar-refractivity contribution is 5.66. The maximum absolute atomic E-state index is 11.5. The van der Waals surface area contributed by atoms with Gasteiger partial charge in [-0.05, 0) is 45.6 Å². The first-order valence-corrected chi connectivity index (χ1v) is 9.18. The lowest BCUT2D eigenvalue weighted by molar-refractivity contribution is -0.145. The molecular weight excluding hydrogens is 316 g/mol. The van der Waals surface area contributed by atoms with Gasteiger partial charge in [-0.1, -0.05) is 42.7 Å².